The van der Waals surface area contributed by atoms with E-state index in [0.29, 0.717) is 0 Å². The summed E-state index contributed by atoms with van der Waals surface area (Å²) in [7, 11) is 0. The number of aryl methyl sites for hydroxylation is 1. The summed E-state index contributed by atoms with van der Waals surface area (Å²) in [5, 5.41) is 6.76. The molecule has 0 saturated carbocycles. The first-order valence-corrected chi connectivity index (χ1v) is 7.14. The van der Waals surface area contributed by atoms with Crippen LogP contribution in [0, 0.1) is 5.92 Å². The predicted octanol–water partition coefficient (Wildman–Crippen LogP) is 2.23. The zero-order chi connectivity index (χ0) is 12.6. The fraction of sp³-hybridized carbons (Fsp3) is 0.714. The molecule has 1 aromatic rings. The monoisotopic (exact) mass is 248 g/mol. The second kappa shape index (κ2) is 7.31. The molecule has 1 fully saturated rings. The molecule has 0 aliphatic carbocycles. The van der Waals surface area contributed by atoms with Gasteiger partial charge in [-0.15, -0.1) is 0 Å². The number of nitrogens with one attached hydrogen (secondary N) is 2. The minimum Gasteiger partial charge on any atom is -0.354 e. The molecule has 18 heavy (non-hydrogen) atoms. The van der Waals surface area contributed by atoms with E-state index in [1.807, 2.05) is 12.4 Å². The zero-order valence-corrected chi connectivity index (χ0v) is 11.3. The first-order valence-electron chi connectivity index (χ1n) is 7.14. The van der Waals surface area contributed by atoms with Gasteiger partial charge in [0.2, 0.25) is 5.95 Å². The average Bonchev–Trinajstić information content (AvgIpc) is 2.42. The molecule has 1 aliphatic rings. The van der Waals surface area contributed by atoms with Crippen molar-refractivity contribution >= 4 is 5.95 Å². The molecule has 0 spiro atoms. The van der Waals surface area contributed by atoms with Crippen molar-refractivity contribution in [2.75, 3.05) is 25.0 Å². The van der Waals surface area contributed by atoms with E-state index < -0.39 is 0 Å². The van der Waals surface area contributed by atoms with E-state index in [0.717, 1.165) is 37.8 Å². The van der Waals surface area contributed by atoms with Crippen LogP contribution < -0.4 is 10.6 Å². The fourth-order valence-electron chi connectivity index (χ4n) is 2.42. The van der Waals surface area contributed by atoms with E-state index in [-0.39, 0.29) is 0 Å². The number of anilines is 1. The van der Waals surface area contributed by atoms with E-state index in [4.69, 9.17) is 0 Å². The Bertz CT molecular complexity index is 330. The van der Waals surface area contributed by atoms with Gasteiger partial charge >= 0.3 is 0 Å². The average molecular weight is 248 g/mol. The second-order valence-corrected chi connectivity index (χ2v) is 5.09. The molecule has 2 heterocycles. The third-order valence-electron chi connectivity index (χ3n) is 3.48. The van der Waals surface area contributed by atoms with Crippen LogP contribution in [-0.4, -0.2) is 29.6 Å². The van der Waals surface area contributed by atoms with Crippen molar-refractivity contribution in [3.8, 4) is 0 Å². The lowest BCUT2D eigenvalue weighted by atomic mass is 9.96. The molecular formula is C14H24N4. The molecule has 0 aromatic carbocycles. The summed E-state index contributed by atoms with van der Waals surface area (Å²) in [4.78, 5) is 8.68. The van der Waals surface area contributed by atoms with E-state index >= 15 is 0 Å². The number of piperidine rings is 1. The van der Waals surface area contributed by atoms with Crippen LogP contribution in [0.1, 0.15) is 38.2 Å². The molecule has 0 radical (unpaired) electrons. The first kappa shape index (κ1) is 13.3. The molecule has 100 valence electrons. The van der Waals surface area contributed by atoms with Crippen molar-refractivity contribution in [2.45, 2.75) is 39.0 Å². The molecule has 2 N–H and O–H groups in total. The fourth-order valence-corrected chi connectivity index (χ4v) is 2.42. The molecule has 4 heteroatoms. The lowest BCUT2D eigenvalue weighted by molar-refractivity contribution is 0.364. The highest BCUT2D eigenvalue weighted by molar-refractivity contribution is 5.24. The summed E-state index contributed by atoms with van der Waals surface area (Å²) in [6, 6.07) is 0. The maximum Gasteiger partial charge on any atom is 0.222 e. The van der Waals surface area contributed by atoms with Gasteiger partial charge in [0.25, 0.3) is 0 Å². The van der Waals surface area contributed by atoms with Crippen molar-refractivity contribution in [3.63, 3.8) is 0 Å². The van der Waals surface area contributed by atoms with E-state index in [2.05, 4.69) is 27.5 Å². The second-order valence-electron chi connectivity index (χ2n) is 5.09. The lowest BCUT2D eigenvalue weighted by Crippen LogP contribution is -2.30. The van der Waals surface area contributed by atoms with Gasteiger partial charge in [-0.05, 0) is 50.3 Å². The minimum atomic E-state index is 0.763. The van der Waals surface area contributed by atoms with Crippen LogP contribution in [0.5, 0.6) is 0 Å². The number of hydrogen-bond donors (Lipinski definition) is 2. The maximum atomic E-state index is 4.34. The molecule has 1 unspecified atom stereocenters. The molecule has 2 rings (SSSR count). The van der Waals surface area contributed by atoms with E-state index in [1.165, 1.54) is 31.4 Å². The Morgan fingerprint density at radius 3 is 2.89 bits per heavy atom. The van der Waals surface area contributed by atoms with Crippen LogP contribution >= 0.6 is 0 Å². The highest BCUT2D eigenvalue weighted by atomic mass is 15.1. The lowest BCUT2D eigenvalue weighted by Gasteiger charge is -2.22. The number of hydrogen-bond acceptors (Lipinski definition) is 4. The van der Waals surface area contributed by atoms with E-state index in [9.17, 15) is 0 Å². The molecule has 1 aliphatic heterocycles. The SMILES string of the molecule is CCCc1cnc(NCCC2CCCNC2)nc1. The Morgan fingerprint density at radius 2 is 2.22 bits per heavy atom. The summed E-state index contributed by atoms with van der Waals surface area (Å²) >= 11 is 0. The molecule has 0 bridgehead atoms. The van der Waals surface area contributed by atoms with Crippen LogP contribution in [0.15, 0.2) is 12.4 Å². The van der Waals surface area contributed by atoms with Gasteiger partial charge in [-0.3, -0.25) is 0 Å². The third kappa shape index (κ3) is 4.26. The molecule has 1 atom stereocenters. The van der Waals surface area contributed by atoms with Gasteiger partial charge in [0.1, 0.15) is 0 Å². The molecule has 0 amide bonds. The number of rotatable bonds is 6. The van der Waals surface area contributed by atoms with Crippen molar-refractivity contribution in [2.24, 2.45) is 5.92 Å². The third-order valence-corrected chi connectivity index (χ3v) is 3.48. The summed E-state index contributed by atoms with van der Waals surface area (Å²) in [5.41, 5.74) is 1.22. The summed E-state index contributed by atoms with van der Waals surface area (Å²) in [6.45, 7) is 5.49. The molecule has 1 saturated heterocycles. The summed E-state index contributed by atoms with van der Waals surface area (Å²) in [6.07, 6.45) is 9.94. The zero-order valence-electron chi connectivity index (χ0n) is 11.3. The van der Waals surface area contributed by atoms with E-state index in [1.54, 1.807) is 0 Å². The number of nitrogens with zero attached hydrogens (tertiary/aromatic N) is 2. The van der Waals surface area contributed by atoms with Gasteiger partial charge in [0, 0.05) is 18.9 Å². The Hall–Kier alpha value is -1.16. The Morgan fingerprint density at radius 1 is 1.39 bits per heavy atom. The summed E-state index contributed by atoms with van der Waals surface area (Å²) in [5.74, 6) is 1.57. The van der Waals surface area contributed by atoms with Crippen LogP contribution in [-0.2, 0) is 6.42 Å². The van der Waals surface area contributed by atoms with Gasteiger partial charge < -0.3 is 10.6 Å². The standard InChI is InChI=1S/C14H24N4/c1-2-4-13-10-17-14(18-11-13)16-8-6-12-5-3-7-15-9-12/h10-12,15H,2-9H2,1H3,(H,16,17,18). The normalized spacial score (nSPS) is 19.7. The maximum absolute atomic E-state index is 4.34. The minimum absolute atomic E-state index is 0.763. The van der Waals surface area contributed by atoms with Crippen LogP contribution in [0.2, 0.25) is 0 Å². The van der Waals surface area contributed by atoms with Crippen LogP contribution in [0.3, 0.4) is 0 Å². The van der Waals surface area contributed by atoms with Crippen molar-refractivity contribution in [1.29, 1.82) is 0 Å². The first-order chi connectivity index (χ1) is 8.88. The Labute approximate surface area is 110 Å². The van der Waals surface area contributed by atoms with Gasteiger partial charge in [-0.1, -0.05) is 13.3 Å². The van der Waals surface area contributed by atoms with Gasteiger partial charge in [0.05, 0.1) is 0 Å². The van der Waals surface area contributed by atoms with Gasteiger partial charge in [-0.25, -0.2) is 9.97 Å². The van der Waals surface area contributed by atoms with Crippen molar-refractivity contribution in [3.05, 3.63) is 18.0 Å². The topological polar surface area (TPSA) is 49.8 Å². The smallest absolute Gasteiger partial charge is 0.222 e. The molecular weight excluding hydrogens is 224 g/mol. The predicted molar refractivity (Wildman–Crippen MR) is 74.7 cm³/mol. The quantitative estimate of drug-likeness (QED) is 0.810. The molecule has 1 aromatic heterocycles. The highest BCUT2D eigenvalue weighted by Crippen LogP contribution is 2.13. The number of aromatic nitrogens is 2. The van der Waals surface area contributed by atoms with Crippen molar-refractivity contribution < 1.29 is 0 Å². The van der Waals surface area contributed by atoms with Gasteiger partial charge in [-0.2, -0.15) is 0 Å². The van der Waals surface area contributed by atoms with Gasteiger partial charge in [0.15, 0.2) is 0 Å². The largest absolute Gasteiger partial charge is 0.354 e. The van der Waals surface area contributed by atoms with Crippen LogP contribution in [0.4, 0.5) is 5.95 Å². The Balaban J connectivity index is 1.69. The summed E-state index contributed by atoms with van der Waals surface area (Å²) < 4.78 is 0. The van der Waals surface area contributed by atoms with Crippen molar-refractivity contribution in [1.82, 2.24) is 15.3 Å². The van der Waals surface area contributed by atoms with Crippen LogP contribution in [0.25, 0.3) is 0 Å². The molecule has 4 nitrogen and oxygen atoms in total. The Kier molecular flexibility index (Phi) is 5.39. The highest BCUT2D eigenvalue weighted by Gasteiger charge is 2.12.